The number of aryl methyl sites for hydroxylation is 2. The van der Waals surface area contributed by atoms with Crippen LogP contribution in [0.15, 0.2) is 5.38 Å². The molecule has 0 atom stereocenters. The average molecular weight is 278 g/mol. The van der Waals surface area contributed by atoms with Gasteiger partial charge in [0.05, 0.1) is 27.7 Å². The van der Waals surface area contributed by atoms with Crippen molar-refractivity contribution in [1.82, 2.24) is 9.97 Å². The van der Waals surface area contributed by atoms with Gasteiger partial charge in [-0.1, -0.05) is 0 Å². The average Bonchev–Trinajstić information content (AvgIpc) is 2.99. The summed E-state index contributed by atoms with van der Waals surface area (Å²) in [5.41, 5.74) is 2.00. The molecule has 0 aliphatic heterocycles. The van der Waals surface area contributed by atoms with E-state index in [9.17, 15) is 4.79 Å². The standard InChI is InChI=1S/C13H14N2OS2/c1-7-13(18-8(2)14-7)10-6-17-12(15-10)5-11(16)9-3-4-9/h6,9H,3-5H2,1-2H3. The maximum Gasteiger partial charge on any atom is 0.142 e. The molecule has 2 aromatic rings. The van der Waals surface area contributed by atoms with Crippen molar-refractivity contribution in [2.45, 2.75) is 33.1 Å². The van der Waals surface area contributed by atoms with E-state index in [1.807, 2.05) is 19.2 Å². The molecule has 3 nitrogen and oxygen atoms in total. The molecule has 0 bridgehead atoms. The van der Waals surface area contributed by atoms with Crippen LogP contribution < -0.4 is 0 Å². The van der Waals surface area contributed by atoms with Crippen LogP contribution in [0.5, 0.6) is 0 Å². The molecule has 18 heavy (non-hydrogen) atoms. The molecule has 3 rings (SSSR count). The quantitative estimate of drug-likeness (QED) is 0.860. The van der Waals surface area contributed by atoms with E-state index >= 15 is 0 Å². The molecule has 0 radical (unpaired) electrons. The predicted molar refractivity (Wildman–Crippen MR) is 74.1 cm³/mol. The number of carbonyl (C=O) groups is 1. The van der Waals surface area contributed by atoms with Gasteiger partial charge in [0.1, 0.15) is 10.8 Å². The molecule has 0 N–H and O–H groups in total. The molecule has 1 aliphatic rings. The molecule has 0 amide bonds. The van der Waals surface area contributed by atoms with Gasteiger partial charge < -0.3 is 0 Å². The Bertz CT molecular complexity index is 596. The molecule has 94 valence electrons. The summed E-state index contributed by atoms with van der Waals surface area (Å²) in [7, 11) is 0. The molecule has 2 aromatic heterocycles. The minimum absolute atomic E-state index is 0.324. The van der Waals surface area contributed by atoms with Gasteiger partial charge >= 0.3 is 0 Å². The van der Waals surface area contributed by atoms with Gasteiger partial charge in [-0.25, -0.2) is 9.97 Å². The normalized spacial score (nSPS) is 15.0. The summed E-state index contributed by atoms with van der Waals surface area (Å²) in [6, 6.07) is 0. The van der Waals surface area contributed by atoms with Crippen molar-refractivity contribution in [3.63, 3.8) is 0 Å². The van der Waals surface area contributed by atoms with Gasteiger partial charge in [-0.05, 0) is 26.7 Å². The number of hydrogen-bond donors (Lipinski definition) is 0. The second kappa shape index (κ2) is 4.55. The van der Waals surface area contributed by atoms with Crippen molar-refractivity contribution in [1.29, 1.82) is 0 Å². The number of carbonyl (C=O) groups excluding carboxylic acids is 1. The Labute approximate surface area is 114 Å². The highest BCUT2D eigenvalue weighted by Gasteiger charge is 2.29. The third kappa shape index (κ3) is 2.37. The molecule has 2 heterocycles. The van der Waals surface area contributed by atoms with E-state index in [4.69, 9.17) is 0 Å². The predicted octanol–water partition coefficient (Wildman–Crippen LogP) is 3.41. The SMILES string of the molecule is Cc1nc(C)c(-c2csc(CC(=O)C3CC3)n2)s1. The third-order valence-corrected chi connectivity index (χ3v) is 4.99. The third-order valence-electron chi connectivity index (χ3n) is 3.05. The molecular weight excluding hydrogens is 264 g/mol. The van der Waals surface area contributed by atoms with Crippen molar-refractivity contribution in [3.8, 4) is 10.6 Å². The zero-order valence-corrected chi connectivity index (χ0v) is 12.0. The zero-order valence-electron chi connectivity index (χ0n) is 10.4. The molecule has 0 unspecified atom stereocenters. The van der Waals surface area contributed by atoms with Crippen LogP contribution in [0.2, 0.25) is 0 Å². The molecule has 1 saturated carbocycles. The van der Waals surface area contributed by atoms with E-state index in [-0.39, 0.29) is 0 Å². The van der Waals surface area contributed by atoms with E-state index in [1.165, 1.54) is 0 Å². The molecular formula is C13H14N2OS2. The lowest BCUT2D eigenvalue weighted by Crippen LogP contribution is -2.04. The van der Waals surface area contributed by atoms with Gasteiger partial charge in [-0.3, -0.25) is 4.79 Å². The van der Waals surface area contributed by atoms with Crippen molar-refractivity contribution in [3.05, 3.63) is 21.1 Å². The van der Waals surface area contributed by atoms with Crippen LogP contribution >= 0.6 is 22.7 Å². The molecule has 1 fully saturated rings. The lowest BCUT2D eigenvalue weighted by molar-refractivity contribution is -0.119. The van der Waals surface area contributed by atoms with E-state index in [0.717, 1.165) is 39.1 Å². The smallest absolute Gasteiger partial charge is 0.142 e. The summed E-state index contributed by atoms with van der Waals surface area (Å²) in [6.07, 6.45) is 2.65. The van der Waals surface area contributed by atoms with Crippen LogP contribution in [0.1, 0.15) is 28.6 Å². The van der Waals surface area contributed by atoms with Gasteiger partial charge in [-0.15, -0.1) is 22.7 Å². The molecule has 5 heteroatoms. The number of rotatable bonds is 4. The summed E-state index contributed by atoms with van der Waals surface area (Å²) < 4.78 is 0. The van der Waals surface area contributed by atoms with Gasteiger partial charge in [0.25, 0.3) is 0 Å². The number of hydrogen-bond acceptors (Lipinski definition) is 5. The summed E-state index contributed by atoms with van der Waals surface area (Å²) >= 11 is 3.25. The fourth-order valence-electron chi connectivity index (χ4n) is 1.96. The lowest BCUT2D eigenvalue weighted by atomic mass is 10.2. The summed E-state index contributed by atoms with van der Waals surface area (Å²) in [4.78, 5) is 21.9. The summed E-state index contributed by atoms with van der Waals surface area (Å²) in [5, 5.41) is 4.04. The van der Waals surface area contributed by atoms with Crippen molar-refractivity contribution in [2.75, 3.05) is 0 Å². The first-order valence-corrected chi connectivity index (χ1v) is 7.74. The Balaban J connectivity index is 1.80. The first-order chi connectivity index (χ1) is 8.63. The van der Waals surface area contributed by atoms with Gasteiger partial charge in [0, 0.05) is 11.3 Å². The number of Topliss-reactive ketones (excluding diaryl/α,β-unsaturated/α-hetero) is 1. The minimum atomic E-state index is 0.324. The minimum Gasteiger partial charge on any atom is -0.299 e. The molecule has 0 saturated heterocycles. The fourth-order valence-corrected chi connectivity index (χ4v) is 3.71. The Hall–Kier alpha value is -1.07. The van der Waals surface area contributed by atoms with E-state index in [1.54, 1.807) is 22.7 Å². The molecule has 0 aromatic carbocycles. The van der Waals surface area contributed by atoms with E-state index < -0.39 is 0 Å². The Morgan fingerprint density at radius 1 is 1.39 bits per heavy atom. The maximum atomic E-state index is 11.7. The maximum absolute atomic E-state index is 11.7. The van der Waals surface area contributed by atoms with Crippen molar-refractivity contribution in [2.24, 2.45) is 5.92 Å². The number of aromatic nitrogens is 2. The van der Waals surface area contributed by atoms with Gasteiger partial charge in [0.15, 0.2) is 0 Å². The first kappa shape index (κ1) is 12.0. The molecule has 0 spiro atoms. The Morgan fingerprint density at radius 2 is 2.17 bits per heavy atom. The van der Waals surface area contributed by atoms with Crippen molar-refractivity contribution < 1.29 is 4.79 Å². The van der Waals surface area contributed by atoms with Crippen LogP contribution in [0, 0.1) is 19.8 Å². The van der Waals surface area contributed by atoms with E-state index in [2.05, 4.69) is 9.97 Å². The van der Waals surface area contributed by atoms with Crippen LogP contribution in [-0.2, 0) is 11.2 Å². The van der Waals surface area contributed by atoms with E-state index in [0.29, 0.717) is 18.1 Å². The first-order valence-electron chi connectivity index (χ1n) is 6.05. The second-order valence-electron chi connectivity index (χ2n) is 4.69. The second-order valence-corrected chi connectivity index (χ2v) is 6.84. The highest BCUT2D eigenvalue weighted by Crippen LogP contribution is 2.33. The van der Waals surface area contributed by atoms with Crippen LogP contribution in [0.25, 0.3) is 10.6 Å². The Kier molecular flexibility index (Phi) is 3.03. The number of ketones is 1. The number of nitrogens with zero attached hydrogens (tertiary/aromatic N) is 2. The van der Waals surface area contributed by atoms with Crippen LogP contribution in [-0.4, -0.2) is 15.8 Å². The van der Waals surface area contributed by atoms with Gasteiger partial charge in [-0.2, -0.15) is 0 Å². The number of thiazole rings is 2. The fraction of sp³-hybridized carbons (Fsp3) is 0.462. The van der Waals surface area contributed by atoms with Crippen molar-refractivity contribution >= 4 is 28.5 Å². The monoisotopic (exact) mass is 278 g/mol. The molecule has 1 aliphatic carbocycles. The highest BCUT2D eigenvalue weighted by molar-refractivity contribution is 7.16. The summed E-state index contributed by atoms with van der Waals surface area (Å²) in [6.45, 7) is 4.01. The zero-order chi connectivity index (χ0) is 12.7. The largest absolute Gasteiger partial charge is 0.299 e. The van der Waals surface area contributed by atoms with Crippen LogP contribution in [0.3, 0.4) is 0 Å². The highest BCUT2D eigenvalue weighted by atomic mass is 32.1. The van der Waals surface area contributed by atoms with Gasteiger partial charge in [0.2, 0.25) is 0 Å². The topological polar surface area (TPSA) is 42.9 Å². The summed E-state index contributed by atoms with van der Waals surface area (Å²) in [5.74, 6) is 0.679. The Morgan fingerprint density at radius 3 is 2.78 bits per heavy atom. The van der Waals surface area contributed by atoms with Crippen LogP contribution in [0.4, 0.5) is 0 Å². The lowest BCUT2D eigenvalue weighted by Gasteiger charge is -1.94.